The van der Waals surface area contributed by atoms with Gasteiger partial charge in [0.2, 0.25) is 0 Å². The molecule has 22 heavy (non-hydrogen) atoms. The lowest BCUT2D eigenvalue weighted by Crippen LogP contribution is -2.30. The third-order valence-electron chi connectivity index (χ3n) is 3.17. The molecule has 0 spiro atoms. The topological polar surface area (TPSA) is 64.6 Å². The van der Waals surface area contributed by atoms with Crippen LogP contribution in [0, 0.1) is 0 Å². The summed E-state index contributed by atoms with van der Waals surface area (Å²) in [4.78, 5) is 24.4. The summed E-state index contributed by atoms with van der Waals surface area (Å²) in [7, 11) is 2.91. The molecule has 5 nitrogen and oxygen atoms in total. The smallest absolute Gasteiger partial charge is 0.307 e. The molecule has 1 atom stereocenters. The second kappa shape index (κ2) is 7.61. The lowest BCUT2D eigenvalue weighted by atomic mass is 10.0. The van der Waals surface area contributed by atoms with E-state index in [1.165, 1.54) is 18.4 Å². The van der Waals surface area contributed by atoms with Crippen molar-refractivity contribution in [3.05, 3.63) is 52.2 Å². The number of amides is 1. The van der Waals surface area contributed by atoms with Crippen molar-refractivity contribution in [2.45, 2.75) is 12.5 Å². The monoisotopic (exact) mass is 319 g/mol. The molecule has 1 heterocycles. The number of benzene rings is 1. The highest BCUT2D eigenvalue weighted by Gasteiger charge is 2.20. The number of thiophene rings is 1. The molecule has 0 aliphatic carbocycles. The van der Waals surface area contributed by atoms with Gasteiger partial charge < -0.3 is 14.8 Å². The van der Waals surface area contributed by atoms with Crippen LogP contribution in [0.2, 0.25) is 0 Å². The first-order chi connectivity index (χ1) is 10.6. The molecule has 1 unspecified atom stereocenters. The maximum Gasteiger partial charge on any atom is 0.307 e. The molecule has 116 valence electrons. The van der Waals surface area contributed by atoms with Crippen molar-refractivity contribution in [3.63, 3.8) is 0 Å². The molecule has 2 rings (SSSR count). The highest BCUT2D eigenvalue weighted by atomic mass is 32.1. The first-order valence-corrected chi connectivity index (χ1v) is 7.57. The molecule has 2 aromatic rings. The summed E-state index contributed by atoms with van der Waals surface area (Å²) < 4.78 is 9.82. The first-order valence-electron chi connectivity index (χ1n) is 6.69. The second-order valence-electron chi connectivity index (χ2n) is 4.56. The quantitative estimate of drug-likeness (QED) is 0.832. The van der Waals surface area contributed by atoms with E-state index in [0.717, 1.165) is 5.56 Å². The first kappa shape index (κ1) is 16.0. The van der Waals surface area contributed by atoms with Gasteiger partial charge in [0.05, 0.1) is 31.6 Å². The Hall–Kier alpha value is -2.34. The fraction of sp³-hybridized carbons (Fsp3) is 0.250. The molecule has 0 aliphatic heterocycles. The van der Waals surface area contributed by atoms with Crippen molar-refractivity contribution in [2.75, 3.05) is 14.2 Å². The van der Waals surface area contributed by atoms with Gasteiger partial charge in [-0.1, -0.05) is 18.2 Å². The van der Waals surface area contributed by atoms with Gasteiger partial charge in [0, 0.05) is 0 Å². The molecule has 1 aromatic carbocycles. The van der Waals surface area contributed by atoms with Crippen LogP contribution in [0.1, 0.15) is 27.7 Å². The van der Waals surface area contributed by atoms with Crippen molar-refractivity contribution in [3.8, 4) is 5.75 Å². The summed E-state index contributed by atoms with van der Waals surface area (Å²) in [5.41, 5.74) is 0.816. The van der Waals surface area contributed by atoms with Crippen LogP contribution in [0.3, 0.4) is 0 Å². The van der Waals surface area contributed by atoms with E-state index >= 15 is 0 Å². The van der Waals surface area contributed by atoms with E-state index in [1.807, 2.05) is 23.6 Å². The minimum atomic E-state index is -0.451. The molecule has 1 N–H and O–H groups in total. The maximum absolute atomic E-state index is 12.2. The Kier molecular flexibility index (Phi) is 5.55. The predicted octanol–water partition coefficient (Wildman–Crippen LogP) is 2.79. The van der Waals surface area contributed by atoms with E-state index in [0.29, 0.717) is 10.6 Å². The van der Waals surface area contributed by atoms with E-state index in [-0.39, 0.29) is 18.3 Å². The van der Waals surface area contributed by atoms with E-state index in [4.69, 9.17) is 9.47 Å². The fourth-order valence-electron chi connectivity index (χ4n) is 1.98. The number of carbonyl (C=O) groups excluding carboxylic acids is 2. The highest BCUT2D eigenvalue weighted by Crippen LogP contribution is 2.22. The summed E-state index contributed by atoms with van der Waals surface area (Å²) in [6, 6.07) is 10.3. The Morgan fingerprint density at radius 1 is 1.18 bits per heavy atom. The highest BCUT2D eigenvalue weighted by molar-refractivity contribution is 7.12. The van der Waals surface area contributed by atoms with Crippen LogP contribution in [-0.2, 0) is 9.53 Å². The molecular weight excluding hydrogens is 302 g/mol. The van der Waals surface area contributed by atoms with Crippen molar-refractivity contribution < 1.29 is 19.1 Å². The zero-order valence-electron chi connectivity index (χ0n) is 12.4. The number of ether oxygens (including phenoxy) is 2. The summed E-state index contributed by atoms with van der Waals surface area (Å²) in [5.74, 6) is 0.122. The Morgan fingerprint density at radius 3 is 2.45 bits per heavy atom. The Morgan fingerprint density at radius 2 is 1.91 bits per heavy atom. The summed E-state index contributed by atoms with van der Waals surface area (Å²) in [6.45, 7) is 0. The molecule has 1 aromatic heterocycles. The summed E-state index contributed by atoms with van der Waals surface area (Å²) in [6.07, 6.45) is 0.0694. The number of methoxy groups -OCH3 is 2. The molecule has 0 saturated heterocycles. The average Bonchev–Trinajstić information content (AvgIpc) is 3.08. The SMILES string of the molecule is COC(=O)CC(NC(=O)c1cccs1)c1ccc(OC)cc1. The van der Waals surface area contributed by atoms with Crippen molar-refractivity contribution >= 4 is 23.2 Å². The number of hydrogen-bond acceptors (Lipinski definition) is 5. The molecule has 0 radical (unpaired) electrons. The van der Waals surface area contributed by atoms with Crippen LogP contribution >= 0.6 is 11.3 Å². The number of esters is 1. The Labute approximate surface area is 132 Å². The number of nitrogens with one attached hydrogen (secondary N) is 1. The van der Waals surface area contributed by atoms with Crippen LogP contribution in [0.5, 0.6) is 5.75 Å². The predicted molar refractivity (Wildman–Crippen MR) is 84.2 cm³/mol. The number of hydrogen-bond donors (Lipinski definition) is 1. The van der Waals surface area contributed by atoms with E-state index in [1.54, 1.807) is 25.3 Å². The molecule has 0 fully saturated rings. The molecule has 6 heteroatoms. The Bertz CT molecular complexity index is 622. The zero-order valence-corrected chi connectivity index (χ0v) is 13.2. The van der Waals surface area contributed by atoms with Gasteiger partial charge in [-0.2, -0.15) is 0 Å². The molecular formula is C16H17NO4S. The zero-order chi connectivity index (χ0) is 15.9. The minimum absolute atomic E-state index is 0.0694. The van der Waals surface area contributed by atoms with Crippen LogP contribution in [0.4, 0.5) is 0 Å². The van der Waals surface area contributed by atoms with Crippen LogP contribution in [0.15, 0.2) is 41.8 Å². The van der Waals surface area contributed by atoms with Crippen LogP contribution in [-0.4, -0.2) is 26.1 Å². The normalized spacial score (nSPS) is 11.5. The van der Waals surface area contributed by atoms with E-state index < -0.39 is 6.04 Å². The van der Waals surface area contributed by atoms with E-state index in [2.05, 4.69) is 5.32 Å². The lowest BCUT2D eigenvalue weighted by molar-refractivity contribution is -0.141. The molecule has 1 amide bonds. The van der Waals surface area contributed by atoms with Gasteiger partial charge in [0.25, 0.3) is 5.91 Å². The van der Waals surface area contributed by atoms with Gasteiger partial charge in [-0.3, -0.25) is 9.59 Å². The van der Waals surface area contributed by atoms with Gasteiger partial charge in [0.1, 0.15) is 5.75 Å². The number of carbonyl (C=O) groups is 2. The van der Waals surface area contributed by atoms with Crippen LogP contribution < -0.4 is 10.1 Å². The summed E-state index contributed by atoms with van der Waals surface area (Å²) >= 11 is 1.35. The molecule has 0 saturated carbocycles. The lowest BCUT2D eigenvalue weighted by Gasteiger charge is -2.18. The minimum Gasteiger partial charge on any atom is -0.497 e. The van der Waals surface area contributed by atoms with Gasteiger partial charge >= 0.3 is 5.97 Å². The van der Waals surface area contributed by atoms with Crippen LogP contribution in [0.25, 0.3) is 0 Å². The standard InChI is InChI=1S/C16H17NO4S/c1-20-12-7-5-11(6-8-12)13(10-15(18)21-2)17-16(19)14-4-3-9-22-14/h3-9,13H,10H2,1-2H3,(H,17,19). The molecule has 0 bridgehead atoms. The number of rotatable bonds is 6. The fourth-order valence-corrected chi connectivity index (χ4v) is 2.60. The van der Waals surface area contributed by atoms with Crippen molar-refractivity contribution in [2.24, 2.45) is 0 Å². The maximum atomic E-state index is 12.2. The van der Waals surface area contributed by atoms with Gasteiger partial charge in [-0.25, -0.2) is 0 Å². The van der Waals surface area contributed by atoms with Gasteiger partial charge in [0.15, 0.2) is 0 Å². The largest absolute Gasteiger partial charge is 0.497 e. The van der Waals surface area contributed by atoms with Crippen molar-refractivity contribution in [1.29, 1.82) is 0 Å². The third kappa shape index (κ3) is 4.08. The van der Waals surface area contributed by atoms with Gasteiger partial charge in [-0.05, 0) is 29.1 Å². The van der Waals surface area contributed by atoms with Gasteiger partial charge in [-0.15, -0.1) is 11.3 Å². The molecule has 0 aliphatic rings. The summed E-state index contributed by atoms with van der Waals surface area (Å²) in [5, 5.41) is 4.70. The van der Waals surface area contributed by atoms with Crippen molar-refractivity contribution in [1.82, 2.24) is 5.32 Å². The average molecular weight is 319 g/mol. The second-order valence-corrected chi connectivity index (χ2v) is 5.50. The Balaban J connectivity index is 2.17. The third-order valence-corrected chi connectivity index (χ3v) is 4.04. The van der Waals surface area contributed by atoms with E-state index in [9.17, 15) is 9.59 Å².